The van der Waals surface area contributed by atoms with Crippen LogP contribution >= 0.6 is 43.2 Å². The first-order valence-electron chi connectivity index (χ1n) is 9.88. The number of hydrogen-bond acceptors (Lipinski definition) is 5. The summed E-state index contributed by atoms with van der Waals surface area (Å²) >= 11 is 8.14. The summed E-state index contributed by atoms with van der Waals surface area (Å²) in [6, 6.07) is 13.2. The van der Waals surface area contributed by atoms with Crippen LogP contribution in [0, 0.1) is 0 Å². The minimum atomic E-state index is -0.475. The lowest BCUT2D eigenvalue weighted by molar-refractivity contribution is -0.111. The van der Waals surface area contributed by atoms with E-state index < -0.39 is 5.97 Å². The van der Waals surface area contributed by atoms with Gasteiger partial charge in [0.2, 0.25) is 5.91 Å². The van der Waals surface area contributed by atoms with Gasteiger partial charge in [-0.05, 0) is 55.8 Å². The third-order valence-corrected chi connectivity index (χ3v) is 6.27. The van der Waals surface area contributed by atoms with Gasteiger partial charge in [0.15, 0.2) is 0 Å². The quantitative estimate of drug-likeness (QED) is 0.227. The molecule has 8 heteroatoms. The Bertz CT molecular complexity index is 1140. The van der Waals surface area contributed by atoms with Crippen molar-refractivity contribution in [3.05, 3.63) is 74.0 Å². The number of nitrogens with one attached hydrogen (secondary N) is 1. The lowest BCUT2D eigenvalue weighted by Gasteiger charge is -2.09. The summed E-state index contributed by atoms with van der Waals surface area (Å²) in [6.45, 7) is 4.41. The monoisotopic (exact) mass is 577 g/mol. The molecule has 0 radical (unpaired) electrons. The highest BCUT2D eigenvalue weighted by Gasteiger charge is 2.22. The van der Waals surface area contributed by atoms with Crippen molar-refractivity contribution >= 4 is 66.2 Å². The van der Waals surface area contributed by atoms with Crippen molar-refractivity contribution in [3.63, 3.8) is 0 Å². The van der Waals surface area contributed by atoms with E-state index in [4.69, 9.17) is 9.47 Å². The average Bonchev–Trinajstić information content (AvgIpc) is 3.18. The highest BCUT2D eigenvalue weighted by atomic mass is 79.9. The number of esters is 1. The molecule has 0 spiro atoms. The van der Waals surface area contributed by atoms with E-state index in [9.17, 15) is 9.59 Å². The van der Waals surface area contributed by atoms with E-state index in [2.05, 4.69) is 37.2 Å². The van der Waals surface area contributed by atoms with Gasteiger partial charge < -0.3 is 14.8 Å². The van der Waals surface area contributed by atoms with E-state index in [0.717, 1.165) is 20.1 Å². The van der Waals surface area contributed by atoms with E-state index in [-0.39, 0.29) is 12.5 Å². The van der Waals surface area contributed by atoms with Crippen LogP contribution in [0.25, 0.3) is 17.2 Å². The molecule has 1 amide bonds. The van der Waals surface area contributed by atoms with E-state index in [0.29, 0.717) is 28.5 Å². The van der Waals surface area contributed by atoms with Gasteiger partial charge in [-0.3, -0.25) is 4.79 Å². The Morgan fingerprint density at radius 2 is 1.75 bits per heavy atom. The third-order valence-electron chi connectivity index (χ3n) is 4.35. The number of rotatable bonds is 8. The van der Waals surface area contributed by atoms with Gasteiger partial charge in [0.05, 0.1) is 13.2 Å². The van der Waals surface area contributed by atoms with Gasteiger partial charge in [0, 0.05) is 31.5 Å². The summed E-state index contributed by atoms with van der Waals surface area (Å²) in [5.41, 5.74) is 2.69. The maximum atomic E-state index is 12.7. The first-order chi connectivity index (χ1) is 15.4. The van der Waals surface area contributed by atoms with Crippen LogP contribution in [0.4, 0.5) is 5.00 Å². The SMILES string of the molecule is CCOC(=O)c1c(-c2ccc(Br)cc2)csc1NC(=O)/C=C/c1cc(Br)ccc1OCC. The molecule has 0 aliphatic rings. The molecular weight excluding hydrogens is 558 g/mol. The summed E-state index contributed by atoms with van der Waals surface area (Å²) < 4.78 is 12.7. The molecule has 0 fully saturated rings. The van der Waals surface area contributed by atoms with Crippen LogP contribution in [0.1, 0.15) is 29.8 Å². The van der Waals surface area contributed by atoms with Crippen molar-refractivity contribution in [2.75, 3.05) is 18.5 Å². The standard InChI is InChI=1S/C24H21Br2NO4S/c1-3-30-20-11-10-18(26)13-16(20)7-12-21(28)27-23-22(24(29)31-4-2)19(14-32-23)15-5-8-17(25)9-6-15/h5-14H,3-4H2,1-2H3,(H,27,28)/b12-7+. The minimum Gasteiger partial charge on any atom is -0.493 e. The second-order valence-corrected chi connectivity index (χ2v) is 9.23. The number of ether oxygens (including phenoxy) is 2. The summed E-state index contributed by atoms with van der Waals surface area (Å²) in [4.78, 5) is 25.3. The Hall–Kier alpha value is -2.42. The zero-order valence-electron chi connectivity index (χ0n) is 17.5. The molecule has 0 aliphatic heterocycles. The molecule has 3 aromatic rings. The molecule has 0 unspecified atom stereocenters. The molecular formula is C24H21Br2NO4S. The van der Waals surface area contributed by atoms with Gasteiger partial charge in [-0.2, -0.15) is 0 Å². The van der Waals surface area contributed by atoms with Crippen LogP contribution in [0.5, 0.6) is 5.75 Å². The molecule has 0 atom stereocenters. The van der Waals surface area contributed by atoms with Crippen molar-refractivity contribution in [1.29, 1.82) is 0 Å². The molecule has 2 aromatic carbocycles. The maximum Gasteiger partial charge on any atom is 0.341 e. The molecule has 3 rings (SSSR count). The maximum absolute atomic E-state index is 12.7. The number of anilines is 1. The molecule has 1 N–H and O–H groups in total. The van der Waals surface area contributed by atoms with Gasteiger partial charge in [-0.15, -0.1) is 11.3 Å². The van der Waals surface area contributed by atoms with Crippen LogP contribution in [-0.2, 0) is 9.53 Å². The highest BCUT2D eigenvalue weighted by molar-refractivity contribution is 9.10. The number of benzene rings is 2. The largest absolute Gasteiger partial charge is 0.493 e. The summed E-state index contributed by atoms with van der Waals surface area (Å²) in [7, 11) is 0. The predicted molar refractivity (Wildman–Crippen MR) is 136 cm³/mol. The minimum absolute atomic E-state index is 0.241. The average molecular weight is 579 g/mol. The van der Waals surface area contributed by atoms with Gasteiger partial charge in [-0.25, -0.2) is 4.79 Å². The number of carbonyl (C=O) groups is 2. The molecule has 1 aromatic heterocycles. The zero-order chi connectivity index (χ0) is 23.1. The number of amides is 1. The molecule has 1 heterocycles. The lowest BCUT2D eigenvalue weighted by Crippen LogP contribution is -2.12. The van der Waals surface area contributed by atoms with E-state index in [1.54, 1.807) is 13.0 Å². The van der Waals surface area contributed by atoms with Crippen molar-refractivity contribution in [3.8, 4) is 16.9 Å². The Morgan fingerprint density at radius 3 is 2.44 bits per heavy atom. The fourth-order valence-electron chi connectivity index (χ4n) is 2.95. The number of halogens is 2. The first kappa shape index (κ1) is 24.2. The highest BCUT2D eigenvalue weighted by Crippen LogP contribution is 2.36. The summed E-state index contributed by atoms with van der Waals surface area (Å²) in [5, 5.41) is 5.10. The third kappa shape index (κ3) is 6.09. The number of carbonyl (C=O) groups excluding carboxylic acids is 2. The molecule has 5 nitrogen and oxygen atoms in total. The molecule has 0 saturated carbocycles. The van der Waals surface area contributed by atoms with Crippen LogP contribution in [0.3, 0.4) is 0 Å². The fraction of sp³-hybridized carbons (Fsp3) is 0.167. The Morgan fingerprint density at radius 1 is 1.03 bits per heavy atom. The molecule has 32 heavy (non-hydrogen) atoms. The molecule has 0 aliphatic carbocycles. The van der Waals surface area contributed by atoms with Crippen molar-refractivity contribution < 1.29 is 19.1 Å². The van der Waals surface area contributed by atoms with Crippen LogP contribution in [0.2, 0.25) is 0 Å². The Labute approximate surface area is 207 Å². The second-order valence-electron chi connectivity index (χ2n) is 6.52. The van der Waals surface area contributed by atoms with Crippen molar-refractivity contribution in [2.24, 2.45) is 0 Å². The second kappa shape index (κ2) is 11.4. The van der Waals surface area contributed by atoms with Crippen LogP contribution < -0.4 is 10.1 Å². The number of hydrogen-bond donors (Lipinski definition) is 1. The number of thiophene rings is 1. The Balaban J connectivity index is 1.87. The Kier molecular flexibility index (Phi) is 8.67. The van der Waals surface area contributed by atoms with Crippen molar-refractivity contribution in [2.45, 2.75) is 13.8 Å². The predicted octanol–water partition coefficient (Wildman–Crippen LogP) is 7.17. The van der Waals surface area contributed by atoms with Crippen LogP contribution in [0.15, 0.2) is 62.9 Å². The van der Waals surface area contributed by atoms with Gasteiger partial charge in [-0.1, -0.05) is 44.0 Å². The van der Waals surface area contributed by atoms with Gasteiger partial charge >= 0.3 is 5.97 Å². The zero-order valence-corrected chi connectivity index (χ0v) is 21.5. The summed E-state index contributed by atoms with van der Waals surface area (Å²) in [6.07, 6.45) is 3.09. The summed E-state index contributed by atoms with van der Waals surface area (Å²) in [5.74, 6) is -0.153. The van der Waals surface area contributed by atoms with Gasteiger partial charge in [0.1, 0.15) is 16.3 Å². The van der Waals surface area contributed by atoms with Crippen molar-refractivity contribution in [1.82, 2.24) is 0 Å². The molecule has 0 bridgehead atoms. The van der Waals surface area contributed by atoms with E-state index in [1.165, 1.54) is 17.4 Å². The van der Waals surface area contributed by atoms with E-state index >= 15 is 0 Å². The first-order valence-corrected chi connectivity index (χ1v) is 12.4. The fourth-order valence-corrected chi connectivity index (χ4v) is 4.56. The van der Waals surface area contributed by atoms with Crippen LogP contribution in [-0.4, -0.2) is 25.1 Å². The molecule has 166 valence electrons. The van der Waals surface area contributed by atoms with E-state index in [1.807, 2.05) is 54.8 Å². The van der Waals surface area contributed by atoms with Gasteiger partial charge in [0.25, 0.3) is 0 Å². The molecule has 0 saturated heterocycles. The smallest absolute Gasteiger partial charge is 0.341 e. The topological polar surface area (TPSA) is 64.6 Å². The lowest BCUT2D eigenvalue weighted by atomic mass is 10.0. The normalized spacial score (nSPS) is 10.9.